The van der Waals surface area contributed by atoms with Gasteiger partial charge in [0.15, 0.2) is 12.2 Å². The molecule has 86 heavy (non-hydrogen) atoms. The first-order valence-electron chi connectivity index (χ1n) is 35.0. The third-order valence-corrected chi connectivity index (χ3v) is 17.7. The molecular weight excluding hydrogens is 1140 g/mol. The molecule has 0 bridgehead atoms. The van der Waals surface area contributed by atoms with E-state index in [0.29, 0.717) is 25.7 Å². The van der Waals surface area contributed by atoms with Gasteiger partial charge in [-0.15, -0.1) is 0 Å². The minimum Gasteiger partial charge on any atom is -0.462 e. The first-order chi connectivity index (χ1) is 41.4. The summed E-state index contributed by atoms with van der Waals surface area (Å²) < 4.78 is 68.0. The summed E-state index contributed by atoms with van der Waals surface area (Å²) in [6.07, 6.45) is 43.2. The van der Waals surface area contributed by atoms with Crippen molar-refractivity contribution in [2.24, 2.45) is 11.8 Å². The van der Waals surface area contributed by atoms with Crippen LogP contribution in [0.1, 0.15) is 337 Å². The smallest absolute Gasteiger partial charge is 0.462 e. The van der Waals surface area contributed by atoms with Gasteiger partial charge in [-0.2, -0.15) is 0 Å². The molecule has 3 unspecified atom stereocenters. The molecule has 17 nitrogen and oxygen atoms in total. The molecule has 6 atom stereocenters. The van der Waals surface area contributed by atoms with E-state index in [2.05, 4.69) is 41.5 Å². The third kappa shape index (κ3) is 59.7. The van der Waals surface area contributed by atoms with E-state index >= 15 is 0 Å². The van der Waals surface area contributed by atoms with Crippen LogP contribution in [0.4, 0.5) is 0 Å². The Balaban J connectivity index is 5.15. The Morgan fingerprint density at radius 2 is 0.593 bits per heavy atom. The van der Waals surface area contributed by atoms with Gasteiger partial charge in [-0.05, 0) is 37.5 Å². The summed E-state index contributed by atoms with van der Waals surface area (Å²) in [5, 5.41) is 10.5. The van der Waals surface area contributed by atoms with Crippen LogP contribution < -0.4 is 0 Å². The second-order valence-corrected chi connectivity index (χ2v) is 27.8. The van der Waals surface area contributed by atoms with Crippen molar-refractivity contribution in [2.45, 2.75) is 355 Å². The molecule has 3 N–H and O–H groups in total. The molecule has 0 aliphatic heterocycles. The third-order valence-electron chi connectivity index (χ3n) is 15.8. The lowest BCUT2D eigenvalue weighted by Crippen LogP contribution is -2.30. The lowest BCUT2D eigenvalue weighted by Gasteiger charge is -2.21. The number of carbonyl (C=O) groups excluding carboxylic acids is 4. The SMILES string of the molecule is CCCCCCCCCCCCC(=O)O[C@H](COC(=O)CCCCCCCCC)COP(=O)(O)OC[C@H](O)COP(=O)(O)OC[C@@H](COC(=O)CCCCCCCCC(C)CC)OC(=O)CCCCCCCCCCCCCCCCCCC(C)C. The van der Waals surface area contributed by atoms with Gasteiger partial charge in [0.25, 0.3) is 0 Å². The molecule has 0 rings (SSSR count). The maximum Gasteiger partial charge on any atom is 0.472 e. The normalized spacial score (nSPS) is 14.5. The first kappa shape index (κ1) is 84.1. The fourth-order valence-electron chi connectivity index (χ4n) is 10.0. The van der Waals surface area contributed by atoms with Gasteiger partial charge < -0.3 is 33.8 Å². The van der Waals surface area contributed by atoms with Crippen LogP contribution in [0.2, 0.25) is 0 Å². The molecule has 0 aliphatic rings. The van der Waals surface area contributed by atoms with E-state index < -0.39 is 97.5 Å². The Morgan fingerprint density at radius 1 is 0.337 bits per heavy atom. The van der Waals surface area contributed by atoms with Crippen molar-refractivity contribution in [3.63, 3.8) is 0 Å². The zero-order chi connectivity index (χ0) is 63.6. The van der Waals surface area contributed by atoms with Gasteiger partial charge in [0.1, 0.15) is 19.3 Å². The van der Waals surface area contributed by atoms with E-state index in [1.165, 1.54) is 135 Å². The van der Waals surface area contributed by atoms with Crippen molar-refractivity contribution in [3.05, 3.63) is 0 Å². The summed E-state index contributed by atoms with van der Waals surface area (Å²) in [5.74, 6) is -0.595. The summed E-state index contributed by atoms with van der Waals surface area (Å²) in [6, 6.07) is 0. The number of esters is 4. The number of aliphatic hydroxyl groups excluding tert-OH is 1. The number of hydrogen-bond donors (Lipinski definition) is 3. The van der Waals surface area contributed by atoms with Crippen molar-refractivity contribution in [2.75, 3.05) is 39.6 Å². The lowest BCUT2D eigenvalue weighted by molar-refractivity contribution is -0.161. The fourth-order valence-corrected chi connectivity index (χ4v) is 11.6. The van der Waals surface area contributed by atoms with Gasteiger partial charge in [0.2, 0.25) is 0 Å². The Labute approximate surface area is 524 Å². The first-order valence-corrected chi connectivity index (χ1v) is 38.0. The maximum atomic E-state index is 13.0. The van der Waals surface area contributed by atoms with E-state index in [0.717, 1.165) is 121 Å². The number of unbranched alkanes of at least 4 members (excludes halogenated alkanes) is 35. The number of aliphatic hydroxyl groups is 1. The Kier molecular flexibility index (Phi) is 58.0. The molecule has 0 fully saturated rings. The average molecular weight is 1270 g/mol. The molecule has 19 heteroatoms. The number of phosphoric acid groups is 2. The Bertz CT molecular complexity index is 1690. The number of ether oxygens (including phenoxy) is 4. The molecule has 0 aliphatic carbocycles. The van der Waals surface area contributed by atoms with Crippen LogP contribution in [0.25, 0.3) is 0 Å². The molecule has 510 valence electrons. The Morgan fingerprint density at radius 3 is 0.884 bits per heavy atom. The van der Waals surface area contributed by atoms with Gasteiger partial charge in [0, 0.05) is 25.7 Å². The summed E-state index contributed by atoms with van der Waals surface area (Å²) in [4.78, 5) is 72.2. The van der Waals surface area contributed by atoms with Gasteiger partial charge in [-0.1, -0.05) is 286 Å². The van der Waals surface area contributed by atoms with E-state index in [1.807, 2.05) is 0 Å². The number of rotatable bonds is 66. The van der Waals surface area contributed by atoms with Crippen molar-refractivity contribution < 1.29 is 80.2 Å². The zero-order valence-electron chi connectivity index (χ0n) is 55.6. The van der Waals surface area contributed by atoms with Crippen LogP contribution in [0.3, 0.4) is 0 Å². The maximum absolute atomic E-state index is 13.0. The second kappa shape index (κ2) is 59.4. The minimum atomic E-state index is -4.95. The molecule has 0 radical (unpaired) electrons. The zero-order valence-corrected chi connectivity index (χ0v) is 57.4. The summed E-state index contributed by atoms with van der Waals surface area (Å²) in [7, 11) is -9.89. The largest absolute Gasteiger partial charge is 0.472 e. The highest BCUT2D eigenvalue weighted by Gasteiger charge is 2.30. The number of hydrogen-bond acceptors (Lipinski definition) is 15. The van der Waals surface area contributed by atoms with E-state index in [-0.39, 0.29) is 25.7 Å². The van der Waals surface area contributed by atoms with Crippen LogP contribution in [0.5, 0.6) is 0 Å². The van der Waals surface area contributed by atoms with Crippen LogP contribution >= 0.6 is 15.6 Å². The van der Waals surface area contributed by atoms with E-state index in [1.54, 1.807) is 0 Å². The summed E-state index contributed by atoms with van der Waals surface area (Å²) in [5.41, 5.74) is 0. The molecule has 0 aromatic rings. The van der Waals surface area contributed by atoms with Crippen molar-refractivity contribution >= 4 is 39.5 Å². The highest BCUT2D eigenvalue weighted by molar-refractivity contribution is 7.47. The van der Waals surface area contributed by atoms with Crippen molar-refractivity contribution in [3.8, 4) is 0 Å². The topological polar surface area (TPSA) is 237 Å². The lowest BCUT2D eigenvalue weighted by atomic mass is 10.00. The predicted octanol–water partition coefficient (Wildman–Crippen LogP) is 18.8. The monoisotopic (exact) mass is 1270 g/mol. The van der Waals surface area contributed by atoms with E-state index in [4.69, 9.17) is 37.0 Å². The van der Waals surface area contributed by atoms with Crippen LogP contribution in [0, 0.1) is 11.8 Å². The van der Waals surface area contributed by atoms with Crippen LogP contribution in [-0.4, -0.2) is 96.7 Å². The van der Waals surface area contributed by atoms with Crippen molar-refractivity contribution in [1.82, 2.24) is 0 Å². The van der Waals surface area contributed by atoms with Gasteiger partial charge >= 0.3 is 39.5 Å². The highest BCUT2D eigenvalue weighted by atomic mass is 31.2. The Hall–Kier alpha value is -1.94. The predicted molar refractivity (Wildman–Crippen MR) is 345 cm³/mol. The molecule has 0 amide bonds. The second-order valence-electron chi connectivity index (χ2n) is 24.9. The highest BCUT2D eigenvalue weighted by Crippen LogP contribution is 2.45. The number of phosphoric ester groups is 2. The molecule has 0 saturated heterocycles. The van der Waals surface area contributed by atoms with Crippen LogP contribution in [-0.2, 0) is 65.4 Å². The summed E-state index contributed by atoms with van der Waals surface area (Å²) in [6.45, 7) is 9.46. The fraction of sp³-hybridized carbons (Fsp3) is 0.940. The van der Waals surface area contributed by atoms with Crippen molar-refractivity contribution in [1.29, 1.82) is 0 Å². The summed E-state index contributed by atoms with van der Waals surface area (Å²) >= 11 is 0. The molecule has 0 saturated carbocycles. The van der Waals surface area contributed by atoms with Gasteiger partial charge in [0.05, 0.1) is 26.4 Å². The molecule has 0 aromatic heterocycles. The van der Waals surface area contributed by atoms with E-state index in [9.17, 15) is 43.2 Å². The minimum absolute atomic E-state index is 0.106. The standard InChI is InChI=1S/C67H130O17P2/c1-7-10-12-14-16-17-27-31-39-45-51-66(71)83-62(55-77-64(69)49-43-37-29-15-13-11-8-2)57-81-85(73,74)79-53-61(68)54-80-86(75,76)82-58-63(56-78-65(70)50-44-38-34-33-36-42-48-60(6)9-3)84-67(72)52-46-40-32-28-25-23-21-19-18-20-22-24-26-30-35-41-47-59(4)5/h59-63,68H,7-58H2,1-6H3,(H,73,74)(H,75,76)/t60?,61-,62+,63+/m0/s1. The number of carbonyl (C=O) groups is 4. The average Bonchev–Trinajstić information content (AvgIpc) is 3.57. The van der Waals surface area contributed by atoms with Crippen LogP contribution in [0.15, 0.2) is 0 Å². The van der Waals surface area contributed by atoms with Gasteiger partial charge in [-0.3, -0.25) is 37.3 Å². The molecular formula is C67H130O17P2. The quantitative estimate of drug-likeness (QED) is 0.0222. The molecule has 0 aromatic carbocycles. The molecule has 0 spiro atoms. The molecule has 0 heterocycles. The van der Waals surface area contributed by atoms with Gasteiger partial charge in [-0.25, -0.2) is 9.13 Å².